The van der Waals surface area contributed by atoms with Gasteiger partial charge in [-0.3, -0.25) is 0 Å². The Balaban J connectivity index is 1.01. The average Bonchev–Trinajstić information content (AvgIpc) is 3.38. The first-order valence-corrected chi connectivity index (χ1v) is 21.5. The normalized spacial score (nSPS) is 33.7. The van der Waals surface area contributed by atoms with Crippen LogP contribution in [0.1, 0.15) is 215 Å². The van der Waals surface area contributed by atoms with Crippen molar-refractivity contribution in [3.05, 3.63) is 11.6 Å². The maximum atomic E-state index is 10.4. The summed E-state index contributed by atoms with van der Waals surface area (Å²) in [6.45, 7) is 15.2. The second-order valence-corrected chi connectivity index (χ2v) is 18.8. The Hall–Kier alpha value is -0.300. The van der Waals surface area contributed by atoms with Crippen LogP contribution in [0, 0.1) is 52.3 Å². The summed E-state index contributed by atoms with van der Waals surface area (Å²) in [4.78, 5) is 0. The molecule has 9 atom stereocenters. The molecule has 4 aliphatic rings. The molecule has 4 aliphatic carbocycles. The van der Waals surface area contributed by atoms with Crippen molar-refractivity contribution in [2.45, 2.75) is 221 Å². The highest BCUT2D eigenvalue weighted by molar-refractivity contribution is 5.25. The van der Waals surface area contributed by atoms with Crippen LogP contribution >= 0.6 is 0 Å². The Morgan fingerprint density at radius 3 is 1.80 bits per heavy atom. The highest BCUT2D eigenvalue weighted by Crippen LogP contribution is 2.67. The van der Waals surface area contributed by atoms with Gasteiger partial charge in [0.15, 0.2) is 0 Å². The van der Waals surface area contributed by atoms with Crippen LogP contribution in [0.2, 0.25) is 0 Å². The Bertz CT molecular complexity index is 872. The van der Waals surface area contributed by atoms with Crippen molar-refractivity contribution in [2.75, 3.05) is 0 Å². The molecule has 46 heavy (non-hydrogen) atoms. The number of hydrogen-bond acceptors (Lipinski definition) is 1. The molecular formula is C45H82O. The second-order valence-electron chi connectivity index (χ2n) is 18.8. The third-order valence-electron chi connectivity index (χ3n) is 14.9. The van der Waals surface area contributed by atoms with E-state index >= 15 is 0 Å². The molecule has 0 aromatic heterocycles. The van der Waals surface area contributed by atoms with E-state index in [9.17, 15) is 5.11 Å². The van der Waals surface area contributed by atoms with Gasteiger partial charge < -0.3 is 5.11 Å². The maximum Gasteiger partial charge on any atom is 0.0577 e. The zero-order valence-corrected chi connectivity index (χ0v) is 32.2. The first-order chi connectivity index (χ1) is 22.1. The van der Waals surface area contributed by atoms with Gasteiger partial charge in [-0.15, -0.1) is 0 Å². The van der Waals surface area contributed by atoms with Gasteiger partial charge in [-0.05, 0) is 104 Å². The molecule has 3 saturated carbocycles. The number of rotatable bonds is 22. The van der Waals surface area contributed by atoms with Crippen molar-refractivity contribution >= 4 is 0 Å². The van der Waals surface area contributed by atoms with Crippen LogP contribution in [0.4, 0.5) is 0 Å². The van der Waals surface area contributed by atoms with Crippen LogP contribution in [0.25, 0.3) is 0 Å². The molecule has 0 heterocycles. The molecule has 0 aromatic carbocycles. The van der Waals surface area contributed by atoms with Gasteiger partial charge in [-0.25, -0.2) is 0 Å². The van der Waals surface area contributed by atoms with Crippen LogP contribution in [0.15, 0.2) is 11.6 Å². The van der Waals surface area contributed by atoms with E-state index in [1.54, 1.807) is 5.57 Å². The summed E-state index contributed by atoms with van der Waals surface area (Å²) < 4.78 is 0. The Labute approximate surface area is 289 Å². The van der Waals surface area contributed by atoms with Gasteiger partial charge in [-0.2, -0.15) is 0 Å². The van der Waals surface area contributed by atoms with Crippen molar-refractivity contribution in [3.8, 4) is 0 Å². The van der Waals surface area contributed by atoms with Gasteiger partial charge in [0, 0.05) is 0 Å². The fourth-order valence-corrected chi connectivity index (χ4v) is 11.9. The quantitative estimate of drug-likeness (QED) is 0.0924. The summed E-state index contributed by atoms with van der Waals surface area (Å²) in [5, 5.41) is 10.4. The van der Waals surface area contributed by atoms with Crippen molar-refractivity contribution in [1.82, 2.24) is 0 Å². The molecule has 1 nitrogen and oxygen atoms in total. The van der Waals surface area contributed by atoms with Crippen molar-refractivity contribution < 1.29 is 5.11 Å². The van der Waals surface area contributed by atoms with Gasteiger partial charge in [0.2, 0.25) is 0 Å². The number of unbranched alkanes of at least 4 members (excludes halogenated alkanes) is 13. The fraction of sp³-hybridized carbons (Fsp3) is 0.956. The minimum absolute atomic E-state index is 0.0810. The standard InChI is InChI=1S/C45H82O/c1-35(2)22-19-17-15-13-11-9-7-8-10-12-14-16-18-20-23-36(3)24-21-25-37(4)41-28-29-42-40-27-26-38-34-39(46)30-32-44(38,5)43(40)31-33-45(41,42)6/h26,35-37,39-43,46H,7-25,27-34H2,1-6H3/t36?,37-,39+,40+,41-,42+,43+,44+,45-/m1/s1. The number of aliphatic hydroxyl groups is 1. The minimum Gasteiger partial charge on any atom is -0.393 e. The SMILES string of the molecule is CC(C)CCCCCCCCCCCCCCCCC(C)CCC[C@@H](C)[C@H]1CC[C@H]2[C@@H]3CC=C4C[C@@H](O)CC[C@]4(C)[C@H]3CC[C@]12C. The van der Waals surface area contributed by atoms with E-state index in [1.165, 1.54) is 161 Å². The Morgan fingerprint density at radius 2 is 1.20 bits per heavy atom. The van der Waals surface area contributed by atoms with Crippen LogP contribution in [0.5, 0.6) is 0 Å². The summed E-state index contributed by atoms with van der Waals surface area (Å²) in [6, 6.07) is 0. The van der Waals surface area contributed by atoms with Gasteiger partial charge in [0.1, 0.15) is 0 Å². The molecule has 4 rings (SSSR count). The van der Waals surface area contributed by atoms with Crippen molar-refractivity contribution in [1.29, 1.82) is 0 Å². The number of hydrogen-bond donors (Lipinski definition) is 1. The smallest absolute Gasteiger partial charge is 0.0577 e. The number of aliphatic hydroxyl groups excluding tert-OH is 1. The van der Waals surface area contributed by atoms with Gasteiger partial charge in [0.25, 0.3) is 0 Å². The molecular weight excluding hydrogens is 556 g/mol. The van der Waals surface area contributed by atoms with E-state index in [1.807, 2.05) is 0 Å². The fourth-order valence-electron chi connectivity index (χ4n) is 11.9. The van der Waals surface area contributed by atoms with Crippen molar-refractivity contribution in [2.24, 2.45) is 52.3 Å². The third kappa shape index (κ3) is 10.6. The van der Waals surface area contributed by atoms with Crippen LogP contribution in [-0.4, -0.2) is 11.2 Å². The summed E-state index contributed by atoms with van der Waals surface area (Å²) in [5.41, 5.74) is 2.59. The first kappa shape index (κ1) is 38.5. The average molecular weight is 639 g/mol. The number of allylic oxidation sites excluding steroid dienone is 1. The summed E-state index contributed by atoms with van der Waals surface area (Å²) in [5.74, 6) is 6.38. The third-order valence-corrected chi connectivity index (χ3v) is 14.9. The van der Waals surface area contributed by atoms with E-state index in [0.717, 1.165) is 54.3 Å². The highest BCUT2D eigenvalue weighted by Gasteiger charge is 2.59. The summed E-state index contributed by atoms with van der Waals surface area (Å²) in [7, 11) is 0. The minimum atomic E-state index is -0.0810. The zero-order chi connectivity index (χ0) is 33.0. The van der Waals surface area contributed by atoms with E-state index in [-0.39, 0.29) is 6.10 Å². The monoisotopic (exact) mass is 639 g/mol. The lowest BCUT2D eigenvalue weighted by Crippen LogP contribution is -2.50. The molecule has 0 aliphatic heterocycles. The summed E-state index contributed by atoms with van der Waals surface area (Å²) >= 11 is 0. The van der Waals surface area contributed by atoms with Gasteiger partial charge >= 0.3 is 0 Å². The largest absolute Gasteiger partial charge is 0.393 e. The molecule has 0 saturated heterocycles. The molecule has 0 radical (unpaired) electrons. The molecule has 3 fully saturated rings. The molecule has 1 heteroatoms. The van der Waals surface area contributed by atoms with E-state index in [2.05, 4.69) is 47.6 Å². The van der Waals surface area contributed by atoms with E-state index in [0.29, 0.717) is 10.8 Å². The lowest BCUT2D eigenvalue weighted by atomic mass is 9.47. The second kappa shape index (κ2) is 19.2. The molecule has 0 bridgehead atoms. The molecule has 1 unspecified atom stereocenters. The predicted octanol–water partition coefficient (Wildman–Crippen LogP) is 14.3. The van der Waals surface area contributed by atoms with Gasteiger partial charge in [0.05, 0.1) is 6.10 Å². The highest BCUT2D eigenvalue weighted by atomic mass is 16.3. The zero-order valence-electron chi connectivity index (χ0n) is 32.2. The first-order valence-electron chi connectivity index (χ1n) is 21.5. The van der Waals surface area contributed by atoms with Crippen LogP contribution < -0.4 is 0 Å². The van der Waals surface area contributed by atoms with E-state index in [4.69, 9.17) is 0 Å². The van der Waals surface area contributed by atoms with Crippen LogP contribution in [-0.2, 0) is 0 Å². The van der Waals surface area contributed by atoms with Gasteiger partial charge in [-0.1, -0.05) is 175 Å². The van der Waals surface area contributed by atoms with Crippen molar-refractivity contribution in [3.63, 3.8) is 0 Å². The van der Waals surface area contributed by atoms with E-state index < -0.39 is 0 Å². The maximum absolute atomic E-state index is 10.4. The lowest BCUT2D eigenvalue weighted by molar-refractivity contribution is -0.0573. The Morgan fingerprint density at radius 1 is 0.630 bits per heavy atom. The number of fused-ring (bicyclic) bond motifs is 5. The molecule has 268 valence electrons. The lowest BCUT2D eigenvalue weighted by Gasteiger charge is -2.58. The molecule has 0 amide bonds. The van der Waals surface area contributed by atoms with Crippen LogP contribution in [0.3, 0.4) is 0 Å². The molecule has 0 aromatic rings. The molecule has 0 spiro atoms. The summed E-state index contributed by atoms with van der Waals surface area (Å²) in [6.07, 6.45) is 40.8. The predicted molar refractivity (Wildman–Crippen MR) is 202 cm³/mol. The Kier molecular flexibility index (Phi) is 16.1. The topological polar surface area (TPSA) is 20.2 Å². The molecule has 1 N–H and O–H groups in total.